The highest BCUT2D eigenvalue weighted by molar-refractivity contribution is 6.04. The molecule has 202 valence electrons. The summed E-state index contributed by atoms with van der Waals surface area (Å²) in [5, 5.41) is 8.58. The van der Waals surface area contributed by atoms with E-state index in [1.807, 2.05) is 30.3 Å². The van der Waals surface area contributed by atoms with Gasteiger partial charge in [-0.2, -0.15) is 0 Å². The average molecular weight is 540 g/mol. The van der Waals surface area contributed by atoms with E-state index in [9.17, 15) is 4.79 Å². The van der Waals surface area contributed by atoms with Gasteiger partial charge in [0, 0.05) is 11.5 Å². The van der Waals surface area contributed by atoms with E-state index >= 15 is 0 Å². The molecule has 5 aromatic rings. The van der Waals surface area contributed by atoms with Crippen molar-refractivity contribution in [2.45, 2.75) is 6.54 Å². The highest BCUT2D eigenvalue weighted by Crippen LogP contribution is 2.37. The summed E-state index contributed by atoms with van der Waals surface area (Å²) in [5.41, 5.74) is 8.62. The minimum Gasteiger partial charge on any atom is -0.454 e. The quantitative estimate of drug-likeness (QED) is 0.0663. The number of aromatic nitrogens is 3. The van der Waals surface area contributed by atoms with Crippen LogP contribution >= 0.6 is 0 Å². The monoisotopic (exact) mass is 539 g/mol. The second kappa shape index (κ2) is 13.7. The molecule has 0 aliphatic heterocycles. The Morgan fingerprint density at radius 3 is 1.71 bits per heavy atom. The van der Waals surface area contributed by atoms with Crippen LogP contribution in [0.25, 0.3) is 22.4 Å². The number of ether oxygens (including phenoxy) is 2. The van der Waals surface area contributed by atoms with Gasteiger partial charge < -0.3 is 9.47 Å². The zero-order valence-electron chi connectivity index (χ0n) is 22.5. The summed E-state index contributed by atoms with van der Waals surface area (Å²) in [5.74, 6) is 1.21. The fourth-order valence-corrected chi connectivity index (χ4v) is 4.57. The Bertz CT molecular complexity index is 1590. The Labute approximate surface area is 239 Å². The Morgan fingerprint density at radius 2 is 1.20 bits per heavy atom. The van der Waals surface area contributed by atoms with Crippen LogP contribution in [-0.4, -0.2) is 40.8 Å². The van der Waals surface area contributed by atoms with Gasteiger partial charge in [-0.15, -0.1) is 11.5 Å². The van der Waals surface area contributed by atoms with Crippen LogP contribution in [0.15, 0.2) is 121 Å². The minimum atomic E-state index is -0.691. The van der Waals surface area contributed by atoms with Crippen molar-refractivity contribution in [3.63, 3.8) is 0 Å². The second-order valence-electron chi connectivity index (χ2n) is 9.18. The van der Waals surface area contributed by atoms with Crippen LogP contribution in [0.4, 0.5) is 0 Å². The molecule has 0 bridgehead atoms. The number of nitrogens with zero attached hydrogens (tertiary/aromatic N) is 3. The first-order valence-corrected chi connectivity index (χ1v) is 13.4. The molecule has 0 saturated carbocycles. The SMILES string of the molecule is C#CC(=O)OCCOCCn1cc(-c2ccc(C(=C(c3ccccc3)c3ccccc3)c3ccccc3)cc2)nn1. The fourth-order valence-electron chi connectivity index (χ4n) is 4.57. The number of carbonyl (C=O) groups is 1. The molecule has 0 saturated heterocycles. The standard InChI is InChI=1S/C35H29N3O3/c1-2-33(39)41-25-24-40-23-22-38-26-32(36-37-38)27-18-20-31(21-19-27)35(30-16-10-5-11-17-30)34(28-12-6-3-7-13-28)29-14-8-4-9-15-29/h1,3-21,26H,22-25H2. The molecule has 0 atom stereocenters. The van der Waals surface area contributed by atoms with Crippen molar-refractivity contribution < 1.29 is 14.3 Å². The Hall–Kier alpha value is -5.25. The first-order chi connectivity index (χ1) is 20.2. The number of hydrogen-bond donors (Lipinski definition) is 0. The predicted molar refractivity (Wildman–Crippen MR) is 160 cm³/mol. The first kappa shape index (κ1) is 27.3. The van der Waals surface area contributed by atoms with Gasteiger partial charge in [0.1, 0.15) is 12.3 Å². The molecule has 1 heterocycles. The molecule has 6 nitrogen and oxygen atoms in total. The van der Waals surface area contributed by atoms with Gasteiger partial charge in [0.15, 0.2) is 0 Å². The fraction of sp³-hybridized carbons (Fsp3) is 0.114. The van der Waals surface area contributed by atoms with E-state index in [1.54, 1.807) is 4.68 Å². The van der Waals surface area contributed by atoms with E-state index in [0.717, 1.165) is 39.1 Å². The Kier molecular flexibility index (Phi) is 9.13. The summed E-state index contributed by atoms with van der Waals surface area (Å²) in [6.07, 6.45) is 6.86. The molecule has 4 aromatic carbocycles. The van der Waals surface area contributed by atoms with Gasteiger partial charge in [0.25, 0.3) is 0 Å². The third-order valence-electron chi connectivity index (χ3n) is 6.49. The number of hydrogen-bond acceptors (Lipinski definition) is 5. The van der Waals surface area contributed by atoms with Crippen LogP contribution in [0.5, 0.6) is 0 Å². The molecule has 0 N–H and O–H groups in total. The molecule has 6 heteroatoms. The van der Waals surface area contributed by atoms with Crippen molar-refractivity contribution in [2.24, 2.45) is 0 Å². The van der Waals surface area contributed by atoms with Crippen LogP contribution in [0.1, 0.15) is 22.3 Å². The minimum absolute atomic E-state index is 0.119. The molecule has 0 aliphatic carbocycles. The van der Waals surface area contributed by atoms with Crippen LogP contribution in [0.3, 0.4) is 0 Å². The van der Waals surface area contributed by atoms with Crippen molar-refractivity contribution in [2.75, 3.05) is 19.8 Å². The molecule has 0 fully saturated rings. The van der Waals surface area contributed by atoms with E-state index in [1.165, 1.54) is 5.57 Å². The topological polar surface area (TPSA) is 66.2 Å². The van der Waals surface area contributed by atoms with Crippen LogP contribution in [0, 0.1) is 12.3 Å². The number of rotatable bonds is 11. The zero-order chi connectivity index (χ0) is 28.3. The molecule has 0 amide bonds. The van der Waals surface area contributed by atoms with E-state index in [0.29, 0.717) is 13.2 Å². The van der Waals surface area contributed by atoms with Crippen molar-refractivity contribution in [3.05, 3.63) is 144 Å². The predicted octanol–water partition coefficient (Wildman–Crippen LogP) is 6.15. The average Bonchev–Trinajstić information content (AvgIpc) is 3.51. The maximum atomic E-state index is 11.0. The lowest BCUT2D eigenvalue weighted by Gasteiger charge is -2.18. The smallest absolute Gasteiger partial charge is 0.384 e. The van der Waals surface area contributed by atoms with Gasteiger partial charge in [-0.25, -0.2) is 9.48 Å². The van der Waals surface area contributed by atoms with Gasteiger partial charge in [0.05, 0.1) is 26.0 Å². The van der Waals surface area contributed by atoms with Gasteiger partial charge >= 0.3 is 5.97 Å². The van der Waals surface area contributed by atoms with E-state index in [4.69, 9.17) is 15.9 Å². The third-order valence-corrected chi connectivity index (χ3v) is 6.49. The molecule has 5 rings (SSSR count). The van der Waals surface area contributed by atoms with E-state index in [2.05, 4.69) is 107 Å². The van der Waals surface area contributed by atoms with Crippen LogP contribution in [-0.2, 0) is 20.8 Å². The lowest BCUT2D eigenvalue weighted by Crippen LogP contribution is -2.12. The molecule has 0 aliphatic rings. The largest absolute Gasteiger partial charge is 0.454 e. The van der Waals surface area contributed by atoms with Crippen molar-refractivity contribution in [1.29, 1.82) is 0 Å². The Balaban J connectivity index is 1.40. The number of terminal acetylenes is 1. The summed E-state index contributed by atoms with van der Waals surface area (Å²) in [6.45, 7) is 1.31. The van der Waals surface area contributed by atoms with E-state index in [-0.39, 0.29) is 13.2 Å². The number of esters is 1. The highest BCUT2D eigenvalue weighted by Gasteiger charge is 2.16. The summed E-state index contributed by atoms with van der Waals surface area (Å²) >= 11 is 0. The van der Waals surface area contributed by atoms with Crippen LogP contribution < -0.4 is 0 Å². The van der Waals surface area contributed by atoms with E-state index < -0.39 is 5.97 Å². The first-order valence-electron chi connectivity index (χ1n) is 13.4. The van der Waals surface area contributed by atoms with Gasteiger partial charge in [-0.05, 0) is 33.4 Å². The van der Waals surface area contributed by atoms with Gasteiger partial charge in [-0.1, -0.05) is 120 Å². The molecule has 0 spiro atoms. The maximum absolute atomic E-state index is 11.0. The number of benzene rings is 4. The number of carbonyl (C=O) groups excluding carboxylic acids is 1. The molecular weight excluding hydrogens is 510 g/mol. The van der Waals surface area contributed by atoms with Crippen molar-refractivity contribution in [3.8, 4) is 23.6 Å². The maximum Gasteiger partial charge on any atom is 0.384 e. The molecular formula is C35H29N3O3. The summed E-state index contributed by atoms with van der Waals surface area (Å²) in [6, 6.07) is 40.0. The van der Waals surface area contributed by atoms with Crippen LogP contribution in [0.2, 0.25) is 0 Å². The van der Waals surface area contributed by atoms with Gasteiger partial charge in [0.2, 0.25) is 0 Å². The summed E-state index contributed by atoms with van der Waals surface area (Å²) in [7, 11) is 0. The summed E-state index contributed by atoms with van der Waals surface area (Å²) in [4.78, 5) is 11.0. The lowest BCUT2D eigenvalue weighted by molar-refractivity contribution is -0.138. The molecule has 1 aromatic heterocycles. The molecule has 0 radical (unpaired) electrons. The summed E-state index contributed by atoms with van der Waals surface area (Å²) < 4.78 is 12.0. The van der Waals surface area contributed by atoms with Crippen molar-refractivity contribution in [1.82, 2.24) is 15.0 Å². The molecule has 0 unspecified atom stereocenters. The van der Waals surface area contributed by atoms with Crippen molar-refractivity contribution >= 4 is 17.1 Å². The van der Waals surface area contributed by atoms with Gasteiger partial charge in [-0.3, -0.25) is 0 Å². The third kappa shape index (κ3) is 7.04. The zero-order valence-corrected chi connectivity index (χ0v) is 22.5. The highest BCUT2D eigenvalue weighted by atomic mass is 16.6. The second-order valence-corrected chi connectivity index (χ2v) is 9.18. The molecule has 41 heavy (non-hydrogen) atoms. The Morgan fingerprint density at radius 1 is 0.683 bits per heavy atom. The lowest BCUT2D eigenvalue weighted by atomic mass is 9.85. The normalized spacial score (nSPS) is 10.5.